The smallest absolute Gasteiger partial charge is 0.139 e. The highest BCUT2D eigenvalue weighted by Crippen LogP contribution is 2.26. The summed E-state index contributed by atoms with van der Waals surface area (Å²) in [5.74, 6) is 1.08. The van der Waals surface area contributed by atoms with Crippen molar-refractivity contribution in [3.63, 3.8) is 0 Å². The van der Waals surface area contributed by atoms with Gasteiger partial charge in [0.05, 0.1) is 5.69 Å². The zero-order chi connectivity index (χ0) is 14.4. The maximum absolute atomic E-state index is 9.70. The lowest BCUT2D eigenvalue weighted by Gasteiger charge is -2.12. The van der Waals surface area contributed by atoms with Gasteiger partial charge in [-0.25, -0.2) is 0 Å². The van der Waals surface area contributed by atoms with Gasteiger partial charge in [0.15, 0.2) is 0 Å². The Kier molecular flexibility index (Phi) is 4.85. The molecule has 2 rings (SSSR count). The van der Waals surface area contributed by atoms with Crippen molar-refractivity contribution in [2.45, 2.75) is 0 Å². The summed E-state index contributed by atoms with van der Waals surface area (Å²) in [6.07, 6.45) is 0. The molecule has 0 amide bonds. The first-order chi connectivity index (χ1) is 9.65. The molecular weight excluding hydrogens is 252 g/mol. The second kappa shape index (κ2) is 6.82. The van der Waals surface area contributed by atoms with Crippen LogP contribution in [-0.2, 0) is 0 Å². The third-order valence-corrected chi connectivity index (χ3v) is 2.84. The Bertz CT molecular complexity index is 538. The molecule has 0 spiro atoms. The number of rotatable bonds is 6. The monoisotopic (exact) mass is 272 g/mol. The fourth-order valence-electron chi connectivity index (χ4n) is 1.72. The Morgan fingerprint density at radius 1 is 1.05 bits per heavy atom. The fourth-order valence-corrected chi connectivity index (χ4v) is 1.72. The first kappa shape index (κ1) is 14.2. The van der Waals surface area contributed by atoms with Gasteiger partial charge < -0.3 is 20.1 Å². The predicted molar refractivity (Wildman–Crippen MR) is 81.9 cm³/mol. The lowest BCUT2D eigenvalue weighted by molar-refractivity contribution is 0.261. The molecule has 0 bridgehead atoms. The van der Waals surface area contributed by atoms with Crippen molar-refractivity contribution < 1.29 is 9.84 Å². The summed E-state index contributed by atoms with van der Waals surface area (Å²) in [6.45, 7) is 1.55. The van der Waals surface area contributed by atoms with Gasteiger partial charge in [0, 0.05) is 12.2 Å². The highest BCUT2D eigenvalue weighted by Gasteiger charge is 2.00. The van der Waals surface area contributed by atoms with Crippen LogP contribution in [-0.4, -0.2) is 37.3 Å². The maximum atomic E-state index is 9.70. The molecule has 0 radical (unpaired) electrons. The molecule has 2 aromatic carbocycles. The van der Waals surface area contributed by atoms with E-state index in [2.05, 4.69) is 10.2 Å². The molecule has 4 nitrogen and oxygen atoms in total. The first-order valence-corrected chi connectivity index (χ1v) is 6.58. The number of hydrogen-bond donors (Lipinski definition) is 2. The van der Waals surface area contributed by atoms with Crippen molar-refractivity contribution in [1.82, 2.24) is 4.90 Å². The summed E-state index contributed by atoms with van der Waals surface area (Å²) < 4.78 is 5.63. The molecule has 0 heterocycles. The number of likely N-dealkylation sites (N-methyl/N-ethyl adjacent to an activating group) is 1. The number of phenols is 1. The van der Waals surface area contributed by atoms with E-state index >= 15 is 0 Å². The highest BCUT2D eigenvalue weighted by molar-refractivity contribution is 5.65. The van der Waals surface area contributed by atoms with E-state index < -0.39 is 0 Å². The minimum absolute atomic E-state index is 0.235. The molecule has 0 aliphatic heterocycles. The quantitative estimate of drug-likeness (QED) is 0.793. The van der Waals surface area contributed by atoms with Crippen molar-refractivity contribution in [2.75, 3.05) is 32.6 Å². The zero-order valence-electron chi connectivity index (χ0n) is 11.8. The van der Waals surface area contributed by atoms with Gasteiger partial charge in [-0.05, 0) is 50.5 Å². The average Bonchev–Trinajstić information content (AvgIpc) is 2.43. The van der Waals surface area contributed by atoms with E-state index in [1.807, 2.05) is 50.5 Å². The summed E-state index contributed by atoms with van der Waals surface area (Å²) >= 11 is 0. The minimum Gasteiger partial charge on any atom is -0.506 e. The molecule has 4 heteroatoms. The lowest BCUT2D eigenvalue weighted by Crippen LogP contribution is -2.19. The number of phenolic OH excluding ortho intramolecular Hbond substituents is 1. The van der Waals surface area contributed by atoms with Crippen molar-refractivity contribution in [2.24, 2.45) is 0 Å². The Hall–Kier alpha value is -2.20. The van der Waals surface area contributed by atoms with Crippen molar-refractivity contribution in [1.29, 1.82) is 0 Å². The van der Waals surface area contributed by atoms with Gasteiger partial charge in [-0.15, -0.1) is 0 Å². The van der Waals surface area contributed by atoms with Crippen molar-refractivity contribution >= 4 is 11.4 Å². The van der Waals surface area contributed by atoms with Crippen molar-refractivity contribution in [3.05, 3.63) is 48.5 Å². The molecule has 0 saturated heterocycles. The SMILES string of the molecule is CN(C)CCOc1ccc(Nc2ccccc2O)cc1. The fraction of sp³-hybridized carbons (Fsp3) is 0.250. The van der Waals surface area contributed by atoms with E-state index in [4.69, 9.17) is 4.74 Å². The van der Waals surface area contributed by atoms with Gasteiger partial charge in [-0.2, -0.15) is 0 Å². The number of nitrogens with one attached hydrogen (secondary N) is 1. The number of ether oxygens (including phenoxy) is 1. The Morgan fingerprint density at radius 3 is 2.40 bits per heavy atom. The summed E-state index contributed by atoms with van der Waals surface area (Å²) in [6, 6.07) is 14.8. The lowest BCUT2D eigenvalue weighted by atomic mass is 10.2. The molecule has 20 heavy (non-hydrogen) atoms. The number of para-hydroxylation sites is 2. The van der Waals surface area contributed by atoms with E-state index in [-0.39, 0.29) is 5.75 Å². The number of nitrogens with zero attached hydrogens (tertiary/aromatic N) is 1. The van der Waals surface area contributed by atoms with E-state index in [9.17, 15) is 5.11 Å². The zero-order valence-corrected chi connectivity index (χ0v) is 11.8. The molecule has 106 valence electrons. The molecule has 0 saturated carbocycles. The Labute approximate surface area is 119 Å². The number of anilines is 2. The van der Waals surface area contributed by atoms with Crippen LogP contribution in [0.15, 0.2) is 48.5 Å². The molecule has 0 atom stereocenters. The minimum atomic E-state index is 0.235. The third kappa shape index (κ3) is 4.17. The van der Waals surface area contributed by atoms with Crippen molar-refractivity contribution in [3.8, 4) is 11.5 Å². The van der Waals surface area contributed by atoms with Gasteiger partial charge >= 0.3 is 0 Å². The second-order valence-electron chi connectivity index (χ2n) is 4.82. The molecular formula is C16H20N2O2. The molecule has 0 aliphatic rings. The molecule has 0 aromatic heterocycles. The summed E-state index contributed by atoms with van der Waals surface area (Å²) in [7, 11) is 4.03. The van der Waals surface area contributed by atoms with Crippen LogP contribution in [0.25, 0.3) is 0 Å². The maximum Gasteiger partial charge on any atom is 0.139 e. The summed E-state index contributed by atoms with van der Waals surface area (Å²) in [4.78, 5) is 2.08. The number of hydrogen-bond acceptors (Lipinski definition) is 4. The molecule has 2 aromatic rings. The molecule has 0 unspecified atom stereocenters. The van der Waals surface area contributed by atoms with Crippen LogP contribution in [0.4, 0.5) is 11.4 Å². The Morgan fingerprint density at radius 2 is 1.75 bits per heavy atom. The van der Waals surface area contributed by atoms with Crippen LogP contribution in [0, 0.1) is 0 Å². The van der Waals surface area contributed by atoms with Crippen LogP contribution in [0.1, 0.15) is 0 Å². The first-order valence-electron chi connectivity index (χ1n) is 6.58. The van der Waals surface area contributed by atoms with E-state index in [0.717, 1.165) is 18.0 Å². The van der Waals surface area contributed by atoms with Crippen LogP contribution in [0.5, 0.6) is 11.5 Å². The molecule has 2 N–H and O–H groups in total. The summed E-state index contributed by atoms with van der Waals surface area (Å²) in [5.41, 5.74) is 1.60. The van der Waals surface area contributed by atoms with Crippen LogP contribution in [0.2, 0.25) is 0 Å². The number of aromatic hydroxyl groups is 1. The normalized spacial score (nSPS) is 10.6. The van der Waals surface area contributed by atoms with Crippen LogP contribution < -0.4 is 10.1 Å². The average molecular weight is 272 g/mol. The number of benzene rings is 2. The van der Waals surface area contributed by atoms with Gasteiger partial charge in [0.2, 0.25) is 0 Å². The van der Waals surface area contributed by atoms with E-state index in [1.54, 1.807) is 12.1 Å². The summed E-state index contributed by atoms with van der Waals surface area (Å²) in [5, 5.41) is 12.9. The molecule has 0 aliphatic carbocycles. The van der Waals surface area contributed by atoms with E-state index in [1.165, 1.54) is 0 Å². The largest absolute Gasteiger partial charge is 0.506 e. The third-order valence-electron chi connectivity index (χ3n) is 2.84. The molecule has 0 fully saturated rings. The van der Waals surface area contributed by atoms with Gasteiger partial charge in [-0.1, -0.05) is 12.1 Å². The topological polar surface area (TPSA) is 44.7 Å². The predicted octanol–water partition coefficient (Wildman–Crippen LogP) is 3.08. The highest BCUT2D eigenvalue weighted by atomic mass is 16.5. The van der Waals surface area contributed by atoms with Gasteiger partial charge in [0.1, 0.15) is 18.1 Å². The van der Waals surface area contributed by atoms with Gasteiger partial charge in [-0.3, -0.25) is 0 Å². The second-order valence-corrected chi connectivity index (χ2v) is 4.82. The van der Waals surface area contributed by atoms with Crippen LogP contribution >= 0.6 is 0 Å². The van der Waals surface area contributed by atoms with Gasteiger partial charge in [0.25, 0.3) is 0 Å². The van der Waals surface area contributed by atoms with Crippen LogP contribution in [0.3, 0.4) is 0 Å². The van der Waals surface area contributed by atoms with E-state index in [0.29, 0.717) is 12.3 Å². The standard InChI is InChI=1S/C16H20N2O2/c1-18(2)11-12-20-14-9-7-13(8-10-14)17-15-5-3-4-6-16(15)19/h3-10,17,19H,11-12H2,1-2H3. The Balaban J connectivity index is 1.93.